The van der Waals surface area contributed by atoms with Crippen LogP contribution in [0.3, 0.4) is 0 Å². The second-order valence-corrected chi connectivity index (χ2v) is 3.60. The number of hydrogen-bond acceptors (Lipinski definition) is 5. The van der Waals surface area contributed by atoms with Gasteiger partial charge in [0.2, 0.25) is 5.82 Å². The Morgan fingerprint density at radius 1 is 1.29 bits per heavy atom. The first-order chi connectivity index (χ1) is 8.27. The fourth-order valence-corrected chi connectivity index (χ4v) is 1.32. The van der Waals surface area contributed by atoms with Gasteiger partial charge in [-0.05, 0) is 19.3 Å². The normalized spacial score (nSPS) is 10.5. The first-order valence-corrected chi connectivity index (χ1v) is 5.67. The zero-order chi connectivity index (χ0) is 12.5. The number of aromatic nitrogens is 3. The average molecular weight is 242 g/mol. The monoisotopic (exact) mass is 242 g/mol. The van der Waals surface area contributed by atoms with Crippen molar-refractivity contribution in [3.8, 4) is 0 Å². The predicted octanol–water partition coefficient (Wildman–Crippen LogP) is -0.837. The summed E-state index contributed by atoms with van der Waals surface area (Å²) in [7, 11) is 0. The number of rotatable bonds is 8. The van der Waals surface area contributed by atoms with Crippen molar-refractivity contribution < 1.29 is 15.0 Å². The van der Waals surface area contributed by atoms with E-state index in [9.17, 15) is 4.79 Å². The molecular weight excluding hydrogens is 224 g/mol. The van der Waals surface area contributed by atoms with Gasteiger partial charge in [0.15, 0.2) is 0 Å². The van der Waals surface area contributed by atoms with Gasteiger partial charge < -0.3 is 15.5 Å². The third kappa shape index (κ3) is 4.92. The number of carbonyl (C=O) groups is 1. The molecule has 1 rings (SSSR count). The first kappa shape index (κ1) is 13.6. The van der Waals surface area contributed by atoms with E-state index in [2.05, 4.69) is 15.4 Å². The zero-order valence-corrected chi connectivity index (χ0v) is 9.67. The van der Waals surface area contributed by atoms with Gasteiger partial charge in [0.1, 0.15) is 6.33 Å². The number of aliphatic hydroxyl groups is 2. The van der Waals surface area contributed by atoms with Crippen molar-refractivity contribution >= 4 is 5.91 Å². The largest absolute Gasteiger partial charge is 0.396 e. The quantitative estimate of drug-likeness (QED) is 0.516. The van der Waals surface area contributed by atoms with Gasteiger partial charge >= 0.3 is 0 Å². The minimum atomic E-state index is -0.381. The molecule has 7 nitrogen and oxygen atoms in total. The fraction of sp³-hybridized carbons (Fsp3) is 0.700. The van der Waals surface area contributed by atoms with Crippen LogP contribution in [-0.4, -0.2) is 50.6 Å². The van der Waals surface area contributed by atoms with Gasteiger partial charge in [-0.1, -0.05) is 0 Å². The van der Waals surface area contributed by atoms with Crippen LogP contribution in [0.4, 0.5) is 0 Å². The van der Waals surface area contributed by atoms with Gasteiger partial charge in [0.25, 0.3) is 5.91 Å². The van der Waals surface area contributed by atoms with Gasteiger partial charge in [-0.25, -0.2) is 4.98 Å². The summed E-state index contributed by atoms with van der Waals surface area (Å²) in [4.78, 5) is 15.3. The maximum absolute atomic E-state index is 11.4. The molecule has 1 aromatic heterocycles. The Labute approximate surface area is 99.5 Å². The number of aliphatic hydroxyl groups excluding tert-OH is 2. The smallest absolute Gasteiger partial charge is 0.291 e. The number of nitrogens with zero attached hydrogens (tertiary/aromatic N) is 3. The molecule has 96 valence electrons. The standard InChI is InChI=1S/C10H18N4O3/c15-6-3-1-2-5-14-8-12-9(13-14)10(17)11-4-7-16/h8,15-16H,1-7H2,(H,11,17). The van der Waals surface area contributed by atoms with E-state index in [1.807, 2.05) is 0 Å². The topological polar surface area (TPSA) is 100 Å². The molecule has 0 fully saturated rings. The number of unbranched alkanes of at least 4 members (excludes halogenated alkanes) is 2. The number of aryl methyl sites for hydroxylation is 1. The SMILES string of the molecule is O=C(NCCO)c1ncn(CCCCCO)n1. The van der Waals surface area contributed by atoms with Crippen molar-refractivity contribution in [1.82, 2.24) is 20.1 Å². The summed E-state index contributed by atoms with van der Waals surface area (Å²) in [6.07, 6.45) is 4.09. The molecule has 0 atom stereocenters. The number of amides is 1. The highest BCUT2D eigenvalue weighted by molar-refractivity contribution is 5.90. The molecule has 1 aromatic rings. The minimum absolute atomic E-state index is 0.104. The Hall–Kier alpha value is -1.47. The summed E-state index contributed by atoms with van der Waals surface area (Å²) in [5.74, 6) is -0.270. The van der Waals surface area contributed by atoms with Crippen molar-refractivity contribution in [2.45, 2.75) is 25.8 Å². The second-order valence-electron chi connectivity index (χ2n) is 3.60. The maximum Gasteiger partial charge on any atom is 0.291 e. The molecule has 0 unspecified atom stereocenters. The van der Waals surface area contributed by atoms with Gasteiger partial charge in [0.05, 0.1) is 6.61 Å². The van der Waals surface area contributed by atoms with Crippen molar-refractivity contribution in [3.63, 3.8) is 0 Å². The lowest BCUT2D eigenvalue weighted by atomic mass is 10.2. The Kier molecular flexibility index (Phi) is 6.19. The highest BCUT2D eigenvalue weighted by atomic mass is 16.3. The van der Waals surface area contributed by atoms with Crippen LogP contribution >= 0.6 is 0 Å². The van der Waals surface area contributed by atoms with Crippen LogP contribution in [-0.2, 0) is 6.54 Å². The summed E-state index contributed by atoms with van der Waals surface area (Å²) in [6, 6.07) is 0. The van der Waals surface area contributed by atoms with Crippen molar-refractivity contribution in [2.24, 2.45) is 0 Å². The Balaban J connectivity index is 2.34. The van der Waals surface area contributed by atoms with Crippen molar-refractivity contribution in [2.75, 3.05) is 19.8 Å². The lowest BCUT2D eigenvalue weighted by Crippen LogP contribution is -2.27. The van der Waals surface area contributed by atoms with E-state index >= 15 is 0 Å². The van der Waals surface area contributed by atoms with E-state index in [1.54, 1.807) is 4.68 Å². The summed E-state index contributed by atoms with van der Waals surface area (Å²) in [5.41, 5.74) is 0. The number of nitrogens with one attached hydrogen (secondary N) is 1. The molecule has 1 heterocycles. The molecule has 17 heavy (non-hydrogen) atoms. The molecule has 0 radical (unpaired) electrons. The van der Waals surface area contributed by atoms with Crippen LogP contribution in [0.1, 0.15) is 29.9 Å². The number of hydrogen-bond donors (Lipinski definition) is 3. The summed E-state index contributed by atoms with van der Waals surface area (Å²) < 4.78 is 1.60. The minimum Gasteiger partial charge on any atom is -0.396 e. The van der Waals surface area contributed by atoms with E-state index in [0.29, 0.717) is 6.54 Å². The lowest BCUT2D eigenvalue weighted by molar-refractivity contribution is 0.0934. The van der Waals surface area contributed by atoms with E-state index in [0.717, 1.165) is 19.3 Å². The zero-order valence-electron chi connectivity index (χ0n) is 9.67. The molecule has 7 heteroatoms. The number of carbonyl (C=O) groups excluding carboxylic acids is 1. The van der Waals surface area contributed by atoms with Crippen LogP contribution in [0.5, 0.6) is 0 Å². The fourth-order valence-electron chi connectivity index (χ4n) is 1.32. The predicted molar refractivity (Wildman–Crippen MR) is 60.4 cm³/mol. The Bertz CT molecular complexity index is 340. The van der Waals surface area contributed by atoms with Gasteiger partial charge in [-0.15, -0.1) is 5.10 Å². The Morgan fingerprint density at radius 3 is 2.82 bits per heavy atom. The summed E-state index contributed by atoms with van der Waals surface area (Å²) in [5, 5.41) is 23.7. The maximum atomic E-state index is 11.4. The molecule has 0 bridgehead atoms. The third-order valence-electron chi connectivity index (χ3n) is 2.18. The van der Waals surface area contributed by atoms with E-state index in [1.165, 1.54) is 6.33 Å². The summed E-state index contributed by atoms with van der Waals surface area (Å²) >= 11 is 0. The van der Waals surface area contributed by atoms with Gasteiger partial charge in [-0.2, -0.15) is 0 Å². The molecule has 0 aliphatic rings. The molecule has 0 aliphatic carbocycles. The second kappa shape index (κ2) is 7.75. The molecular formula is C10H18N4O3. The van der Waals surface area contributed by atoms with Gasteiger partial charge in [0, 0.05) is 19.7 Å². The lowest BCUT2D eigenvalue weighted by Gasteiger charge is -2.00. The molecule has 0 aliphatic heterocycles. The highest BCUT2D eigenvalue weighted by Gasteiger charge is 2.09. The molecule has 3 N–H and O–H groups in total. The molecule has 0 saturated heterocycles. The summed E-state index contributed by atoms with van der Waals surface area (Å²) in [6.45, 7) is 0.976. The van der Waals surface area contributed by atoms with Crippen molar-refractivity contribution in [1.29, 1.82) is 0 Å². The van der Waals surface area contributed by atoms with E-state index < -0.39 is 0 Å². The Morgan fingerprint density at radius 2 is 2.12 bits per heavy atom. The first-order valence-electron chi connectivity index (χ1n) is 5.67. The van der Waals surface area contributed by atoms with Crippen molar-refractivity contribution in [3.05, 3.63) is 12.2 Å². The van der Waals surface area contributed by atoms with E-state index in [4.69, 9.17) is 10.2 Å². The van der Waals surface area contributed by atoms with E-state index in [-0.39, 0.29) is 31.5 Å². The molecule has 1 amide bonds. The van der Waals surface area contributed by atoms with Gasteiger partial charge in [-0.3, -0.25) is 9.48 Å². The van der Waals surface area contributed by atoms with Crippen LogP contribution < -0.4 is 5.32 Å². The molecule has 0 saturated carbocycles. The molecule has 0 spiro atoms. The highest BCUT2D eigenvalue weighted by Crippen LogP contribution is 1.98. The van der Waals surface area contributed by atoms with Crippen LogP contribution in [0, 0.1) is 0 Å². The van der Waals surface area contributed by atoms with Crippen LogP contribution in [0.15, 0.2) is 6.33 Å². The average Bonchev–Trinajstić information content (AvgIpc) is 2.80. The third-order valence-corrected chi connectivity index (χ3v) is 2.18. The van der Waals surface area contributed by atoms with Crippen LogP contribution in [0.25, 0.3) is 0 Å². The molecule has 0 aromatic carbocycles. The van der Waals surface area contributed by atoms with Crippen LogP contribution in [0.2, 0.25) is 0 Å².